The highest BCUT2D eigenvalue weighted by Crippen LogP contribution is 1.91. The number of rotatable bonds is 1. The van der Waals surface area contributed by atoms with Crippen LogP contribution in [0.5, 0.6) is 0 Å². The molecule has 3 N–H and O–H groups in total. The van der Waals surface area contributed by atoms with Gasteiger partial charge in [0.25, 0.3) is 0 Å². The number of pyridine rings is 1. The molecular weight excluding hydrogens is 142 g/mol. The third-order valence-electron chi connectivity index (χ3n) is 1.34. The second-order valence-corrected chi connectivity index (χ2v) is 2.24. The summed E-state index contributed by atoms with van der Waals surface area (Å²) < 4.78 is 1.83. The number of hydrogen-bond acceptors (Lipinski definition) is 2. The van der Waals surface area contributed by atoms with Crippen LogP contribution in [0, 0.1) is 0 Å². The molecule has 0 saturated heterocycles. The summed E-state index contributed by atoms with van der Waals surface area (Å²) in [7, 11) is 1.87. The van der Waals surface area contributed by atoms with Crippen LogP contribution in [0.3, 0.4) is 0 Å². The Kier molecular flexibility index (Phi) is 2.06. The van der Waals surface area contributed by atoms with E-state index in [0.29, 0.717) is 5.56 Å². The van der Waals surface area contributed by atoms with Crippen LogP contribution in [0.15, 0.2) is 29.7 Å². The fraction of sp³-hybridized carbons (Fsp3) is 0.143. The predicted octanol–water partition coefficient (Wildman–Crippen LogP) is -0.394. The van der Waals surface area contributed by atoms with Crippen LogP contribution in [-0.2, 0) is 7.05 Å². The monoisotopic (exact) mass is 152 g/mol. The Hall–Kier alpha value is -1.58. The van der Waals surface area contributed by atoms with Crippen molar-refractivity contribution < 1.29 is 9.77 Å². The van der Waals surface area contributed by atoms with Gasteiger partial charge < -0.3 is 10.9 Å². The maximum atomic E-state index is 8.33. The number of aromatic nitrogens is 1. The Morgan fingerprint density at radius 1 is 1.73 bits per heavy atom. The van der Waals surface area contributed by atoms with E-state index >= 15 is 0 Å². The topological polar surface area (TPSA) is 62.5 Å². The van der Waals surface area contributed by atoms with Crippen LogP contribution in [0.4, 0.5) is 0 Å². The number of nitrogens with two attached hydrogens (primary N) is 1. The number of hydrogen-bond donors (Lipinski definition) is 2. The highest BCUT2D eigenvalue weighted by atomic mass is 16.4. The molecule has 0 spiro atoms. The molecule has 0 aliphatic carbocycles. The maximum absolute atomic E-state index is 8.33. The van der Waals surface area contributed by atoms with Crippen molar-refractivity contribution in [3.8, 4) is 0 Å². The summed E-state index contributed by atoms with van der Waals surface area (Å²) in [5.41, 5.74) is 6.06. The van der Waals surface area contributed by atoms with Gasteiger partial charge in [-0.05, 0) is 6.07 Å². The molecule has 0 atom stereocenters. The van der Waals surface area contributed by atoms with E-state index in [-0.39, 0.29) is 5.84 Å². The van der Waals surface area contributed by atoms with E-state index in [1.807, 2.05) is 23.9 Å². The number of aryl methyl sites for hydroxylation is 1. The molecular formula is C7H10N3O+. The van der Waals surface area contributed by atoms with Gasteiger partial charge in [-0.2, -0.15) is 0 Å². The standard InChI is InChI=1S/C7H9N3O/c1-10-4-2-3-6(5-10)7(8)9-11/h2-5H,1H3,(H2-,8,9,11)/p+1. The van der Waals surface area contributed by atoms with E-state index in [1.54, 1.807) is 12.3 Å². The van der Waals surface area contributed by atoms with E-state index in [1.165, 1.54) is 0 Å². The lowest BCUT2D eigenvalue weighted by molar-refractivity contribution is -0.671. The van der Waals surface area contributed by atoms with Crippen molar-refractivity contribution in [1.82, 2.24) is 0 Å². The molecule has 0 unspecified atom stereocenters. The van der Waals surface area contributed by atoms with E-state index < -0.39 is 0 Å². The van der Waals surface area contributed by atoms with Gasteiger partial charge in [-0.25, -0.2) is 4.57 Å². The summed E-state index contributed by atoms with van der Waals surface area (Å²) >= 11 is 0. The van der Waals surface area contributed by atoms with E-state index in [9.17, 15) is 0 Å². The summed E-state index contributed by atoms with van der Waals surface area (Å²) in [6.07, 6.45) is 3.64. The minimum atomic E-state index is 0.126. The molecule has 0 radical (unpaired) electrons. The van der Waals surface area contributed by atoms with Gasteiger partial charge in [-0.1, -0.05) is 5.16 Å². The van der Waals surface area contributed by atoms with E-state index in [0.717, 1.165) is 0 Å². The fourth-order valence-electron chi connectivity index (χ4n) is 0.797. The lowest BCUT2D eigenvalue weighted by Crippen LogP contribution is -2.29. The molecule has 0 amide bonds. The van der Waals surface area contributed by atoms with Crippen molar-refractivity contribution in [2.75, 3.05) is 0 Å². The summed E-state index contributed by atoms with van der Waals surface area (Å²) in [6, 6.07) is 3.60. The van der Waals surface area contributed by atoms with Crippen molar-refractivity contribution >= 4 is 5.84 Å². The maximum Gasteiger partial charge on any atom is 0.179 e. The molecule has 0 aromatic carbocycles. The second kappa shape index (κ2) is 3.01. The number of amidine groups is 1. The van der Waals surface area contributed by atoms with Crippen LogP contribution < -0.4 is 10.3 Å². The molecule has 11 heavy (non-hydrogen) atoms. The first kappa shape index (κ1) is 7.53. The minimum absolute atomic E-state index is 0.126. The molecule has 0 saturated carbocycles. The Labute approximate surface area is 64.6 Å². The van der Waals surface area contributed by atoms with Crippen molar-refractivity contribution in [3.63, 3.8) is 0 Å². The van der Waals surface area contributed by atoms with Crippen LogP contribution >= 0.6 is 0 Å². The fourth-order valence-corrected chi connectivity index (χ4v) is 0.797. The lowest BCUT2D eigenvalue weighted by atomic mass is 10.3. The molecule has 1 rings (SSSR count). The summed E-state index contributed by atoms with van der Waals surface area (Å²) in [6.45, 7) is 0. The zero-order chi connectivity index (χ0) is 8.27. The van der Waals surface area contributed by atoms with Gasteiger partial charge in [0.05, 0.1) is 5.56 Å². The highest BCUT2D eigenvalue weighted by molar-refractivity contribution is 5.96. The molecule has 1 aromatic heterocycles. The molecule has 0 aliphatic heterocycles. The molecule has 1 aromatic rings. The SMILES string of the molecule is C[n+]1cccc(/C(N)=N/O)c1. The largest absolute Gasteiger partial charge is 0.409 e. The quantitative estimate of drug-likeness (QED) is 0.189. The zero-order valence-corrected chi connectivity index (χ0v) is 6.23. The van der Waals surface area contributed by atoms with Gasteiger partial charge in [-0.15, -0.1) is 0 Å². The normalized spacial score (nSPS) is 11.5. The molecule has 1 heterocycles. The Morgan fingerprint density at radius 3 is 3.00 bits per heavy atom. The first-order chi connectivity index (χ1) is 5.24. The first-order valence-corrected chi connectivity index (χ1v) is 3.17. The van der Waals surface area contributed by atoms with Crippen LogP contribution in [0.2, 0.25) is 0 Å². The van der Waals surface area contributed by atoms with Gasteiger partial charge in [0.2, 0.25) is 0 Å². The predicted molar refractivity (Wildman–Crippen MR) is 40.1 cm³/mol. The molecule has 4 heteroatoms. The van der Waals surface area contributed by atoms with Crippen molar-refractivity contribution in [1.29, 1.82) is 0 Å². The van der Waals surface area contributed by atoms with Crippen LogP contribution in [0.25, 0.3) is 0 Å². The average molecular weight is 152 g/mol. The van der Waals surface area contributed by atoms with E-state index in [2.05, 4.69) is 5.16 Å². The lowest BCUT2D eigenvalue weighted by Gasteiger charge is -1.93. The van der Waals surface area contributed by atoms with Gasteiger partial charge >= 0.3 is 0 Å². The third kappa shape index (κ3) is 1.67. The van der Waals surface area contributed by atoms with Crippen LogP contribution in [-0.4, -0.2) is 11.0 Å². The van der Waals surface area contributed by atoms with Crippen LogP contribution in [0.1, 0.15) is 5.56 Å². The third-order valence-corrected chi connectivity index (χ3v) is 1.34. The van der Waals surface area contributed by atoms with Gasteiger partial charge in [-0.3, -0.25) is 0 Å². The van der Waals surface area contributed by atoms with Gasteiger partial charge in [0, 0.05) is 6.07 Å². The van der Waals surface area contributed by atoms with Crippen molar-refractivity contribution in [2.24, 2.45) is 17.9 Å². The Balaban J connectivity index is 3.06. The molecule has 0 aliphatic rings. The number of nitrogens with zero attached hydrogens (tertiary/aromatic N) is 2. The second-order valence-electron chi connectivity index (χ2n) is 2.24. The van der Waals surface area contributed by atoms with Gasteiger partial charge in [0.15, 0.2) is 18.2 Å². The first-order valence-electron chi connectivity index (χ1n) is 3.17. The van der Waals surface area contributed by atoms with Crippen molar-refractivity contribution in [2.45, 2.75) is 0 Å². The molecule has 58 valence electrons. The summed E-state index contributed by atoms with van der Waals surface area (Å²) in [5.74, 6) is 0.126. The minimum Gasteiger partial charge on any atom is -0.409 e. The van der Waals surface area contributed by atoms with Crippen molar-refractivity contribution in [3.05, 3.63) is 30.1 Å². The zero-order valence-electron chi connectivity index (χ0n) is 6.23. The van der Waals surface area contributed by atoms with Gasteiger partial charge in [0.1, 0.15) is 7.05 Å². The molecule has 4 nitrogen and oxygen atoms in total. The Morgan fingerprint density at radius 2 is 2.45 bits per heavy atom. The summed E-state index contributed by atoms with van der Waals surface area (Å²) in [4.78, 5) is 0. The molecule has 0 fully saturated rings. The highest BCUT2D eigenvalue weighted by Gasteiger charge is 2.01. The molecule has 0 bridgehead atoms. The van der Waals surface area contributed by atoms with E-state index in [4.69, 9.17) is 10.9 Å². The smallest absolute Gasteiger partial charge is 0.179 e. The average Bonchev–Trinajstić information content (AvgIpc) is 2.03. The Bertz CT molecular complexity index is 283. The number of oxime groups is 1. The summed E-state index contributed by atoms with van der Waals surface area (Å²) in [5, 5.41) is 11.2.